The SMILES string of the molecule is CCCCCCCC(=O)NCCC(=O)N[C@@H](CCCCN)C(=O)N(C)[C@@H]1C(=O)NC(C)C(=O)N[C@H](C(=O)O)Cc2ccc(O)c(c2)-c2cc1ccc2O. The second kappa shape index (κ2) is 20.8. The lowest BCUT2D eigenvalue weighted by molar-refractivity contribution is -0.144. The fourth-order valence-corrected chi connectivity index (χ4v) is 6.19. The van der Waals surface area contributed by atoms with Gasteiger partial charge in [-0.2, -0.15) is 0 Å². The molecule has 9 N–H and O–H groups in total. The van der Waals surface area contributed by atoms with Gasteiger partial charge in [-0.05, 0) is 74.5 Å². The third kappa shape index (κ3) is 12.5. The van der Waals surface area contributed by atoms with Gasteiger partial charge in [0.15, 0.2) is 0 Å². The second-order valence-corrected chi connectivity index (χ2v) is 13.5. The highest BCUT2D eigenvalue weighted by Crippen LogP contribution is 2.38. The van der Waals surface area contributed by atoms with Crippen molar-refractivity contribution in [2.24, 2.45) is 5.73 Å². The summed E-state index contributed by atoms with van der Waals surface area (Å²) in [5.74, 6) is -4.67. The van der Waals surface area contributed by atoms with Gasteiger partial charge in [-0.1, -0.05) is 44.7 Å². The summed E-state index contributed by atoms with van der Waals surface area (Å²) in [6.45, 7) is 3.92. The Morgan fingerprint density at radius 1 is 0.887 bits per heavy atom. The van der Waals surface area contributed by atoms with E-state index in [-0.39, 0.29) is 59.9 Å². The Bertz CT molecular complexity index is 1620. The summed E-state index contributed by atoms with van der Waals surface area (Å²) in [5.41, 5.74) is 6.59. The highest BCUT2D eigenvalue weighted by atomic mass is 16.4. The van der Waals surface area contributed by atoms with Crippen LogP contribution in [0.4, 0.5) is 0 Å². The quantitative estimate of drug-likeness (QED) is 0.110. The minimum atomic E-state index is -1.41. The molecule has 4 atom stereocenters. The smallest absolute Gasteiger partial charge is 0.326 e. The highest BCUT2D eigenvalue weighted by Gasteiger charge is 2.35. The molecule has 0 saturated carbocycles. The van der Waals surface area contributed by atoms with Crippen LogP contribution in [0.25, 0.3) is 11.1 Å². The molecule has 0 aliphatic carbocycles. The summed E-state index contributed by atoms with van der Waals surface area (Å²) in [5, 5.41) is 42.0. The van der Waals surface area contributed by atoms with Crippen LogP contribution < -0.4 is 27.0 Å². The molecule has 0 fully saturated rings. The molecule has 4 bridgehead atoms. The molecule has 2 aromatic rings. The summed E-state index contributed by atoms with van der Waals surface area (Å²) in [6, 6.07) is 3.38. The number of phenolic OH excluding ortho intramolecular Hbond substituents is 2. The largest absolute Gasteiger partial charge is 0.507 e. The van der Waals surface area contributed by atoms with Crippen molar-refractivity contribution < 1.29 is 44.1 Å². The summed E-state index contributed by atoms with van der Waals surface area (Å²) < 4.78 is 0. The minimum absolute atomic E-state index is 0.0796. The third-order valence-corrected chi connectivity index (χ3v) is 9.24. The molecule has 15 nitrogen and oxygen atoms in total. The van der Waals surface area contributed by atoms with Gasteiger partial charge in [-0.25, -0.2) is 4.79 Å². The average Bonchev–Trinajstić information content (AvgIpc) is 3.11. The highest BCUT2D eigenvalue weighted by molar-refractivity contribution is 5.96. The molecule has 1 heterocycles. The van der Waals surface area contributed by atoms with Crippen molar-refractivity contribution >= 4 is 35.5 Å². The van der Waals surface area contributed by atoms with Gasteiger partial charge in [-0.15, -0.1) is 0 Å². The number of amides is 5. The number of carboxylic acid groups (broad SMARTS) is 1. The number of carbonyl (C=O) groups is 6. The van der Waals surface area contributed by atoms with Crippen LogP contribution in [0.2, 0.25) is 0 Å². The molecular weight excluding hydrogens is 684 g/mol. The predicted molar refractivity (Wildman–Crippen MR) is 197 cm³/mol. The number of fused-ring (bicyclic) bond motifs is 5. The number of nitrogens with one attached hydrogen (secondary N) is 4. The predicted octanol–water partition coefficient (Wildman–Crippen LogP) is 2.38. The first-order valence-electron chi connectivity index (χ1n) is 18.3. The fraction of sp³-hybridized carbons (Fsp3) is 0.526. The van der Waals surface area contributed by atoms with Crippen LogP contribution in [0.1, 0.15) is 95.2 Å². The first-order valence-corrected chi connectivity index (χ1v) is 18.3. The molecular formula is C38H54N6O9. The maximum Gasteiger partial charge on any atom is 0.326 e. The number of likely N-dealkylation sites (N-methyl/N-ethyl adjacent to an activating group) is 1. The minimum Gasteiger partial charge on any atom is -0.507 e. The van der Waals surface area contributed by atoms with E-state index in [4.69, 9.17) is 5.73 Å². The van der Waals surface area contributed by atoms with Gasteiger partial charge in [0.2, 0.25) is 29.5 Å². The zero-order valence-electron chi connectivity index (χ0n) is 30.8. The van der Waals surface area contributed by atoms with E-state index >= 15 is 0 Å². The number of hydrogen-bond donors (Lipinski definition) is 8. The van der Waals surface area contributed by atoms with Crippen LogP contribution >= 0.6 is 0 Å². The maximum absolute atomic E-state index is 14.2. The number of aliphatic carboxylic acids is 1. The number of nitrogens with zero attached hydrogens (tertiary/aromatic N) is 1. The normalized spacial score (nSPS) is 17.8. The zero-order valence-corrected chi connectivity index (χ0v) is 30.8. The van der Waals surface area contributed by atoms with Crippen molar-refractivity contribution in [3.63, 3.8) is 0 Å². The Hall–Kier alpha value is -5.18. The van der Waals surface area contributed by atoms with E-state index in [1.54, 1.807) is 0 Å². The van der Waals surface area contributed by atoms with E-state index in [1.807, 2.05) is 0 Å². The van der Waals surface area contributed by atoms with Gasteiger partial charge in [0, 0.05) is 44.0 Å². The van der Waals surface area contributed by atoms with Crippen molar-refractivity contribution in [1.82, 2.24) is 26.2 Å². The zero-order chi connectivity index (χ0) is 39.1. The molecule has 1 aliphatic heterocycles. The number of hydrogen-bond acceptors (Lipinski definition) is 9. The Morgan fingerprint density at radius 3 is 2.25 bits per heavy atom. The van der Waals surface area contributed by atoms with Crippen molar-refractivity contribution in [3.8, 4) is 22.6 Å². The Labute approximate surface area is 310 Å². The lowest BCUT2D eigenvalue weighted by Gasteiger charge is -2.32. The van der Waals surface area contributed by atoms with Gasteiger partial charge >= 0.3 is 5.97 Å². The van der Waals surface area contributed by atoms with E-state index < -0.39 is 53.8 Å². The first kappa shape index (κ1) is 42.2. The molecule has 290 valence electrons. The molecule has 15 heteroatoms. The summed E-state index contributed by atoms with van der Waals surface area (Å²) in [6.07, 6.45) is 6.38. The number of phenols is 2. The number of benzene rings is 2. The molecule has 1 aliphatic rings. The number of rotatable bonds is 17. The number of carbonyl (C=O) groups excluding carboxylic acids is 5. The van der Waals surface area contributed by atoms with Crippen LogP contribution in [0.15, 0.2) is 36.4 Å². The second-order valence-electron chi connectivity index (χ2n) is 13.5. The Morgan fingerprint density at radius 2 is 1.57 bits per heavy atom. The van der Waals surface area contributed by atoms with Gasteiger partial charge < -0.3 is 47.2 Å². The van der Waals surface area contributed by atoms with Crippen LogP contribution in [-0.2, 0) is 35.2 Å². The summed E-state index contributed by atoms with van der Waals surface area (Å²) >= 11 is 0. The van der Waals surface area contributed by atoms with Gasteiger partial charge in [0.05, 0.1) is 0 Å². The first-order chi connectivity index (χ1) is 25.3. The molecule has 0 aromatic heterocycles. The van der Waals surface area contributed by atoms with Gasteiger partial charge in [0.1, 0.15) is 35.7 Å². The van der Waals surface area contributed by atoms with E-state index in [0.29, 0.717) is 31.4 Å². The van der Waals surface area contributed by atoms with E-state index in [9.17, 15) is 44.1 Å². The van der Waals surface area contributed by atoms with Crippen molar-refractivity contribution in [3.05, 3.63) is 47.5 Å². The fourth-order valence-electron chi connectivity index (χ4n) is 6.19. The Balaban J connectivity index is 1.92. The third-order valence-electron chi connectivity index (χ3n) is 9.24. The molecule has 0 spiro atoms. The molecule has 1 unspecified atom stereocenters. The van der Waals surface area contributed by atoms with Gasteiger partial charge in [0.25, 0.3) is 0 Å². The molecule has 0 saturated heterocycles. The van der Waals surface area contributed by atoms with Crippen LogP contribution in [0.3, 0.4) is 0 Å². The lowest BCUT2D eigenvalue weighted by Crippen LogP contribution is -2.54. The van der Waals surface area contributed by atoms with Gasteiger partial charge in [-0.3, -0.25) is 24.0 Å². The van der Waals surface area contributed by atoms with E-state index in [1.165, 1.54) is 50.4 Å². The molecule has 3 rings (SSSR count). The number of unbranched alkanes of at least 4 members (excludes halogenated alkanes) is 5. The molecule has 2 aromatic carbocycles. The average molecular weight is 739 g/mol. The van der Waals surface area contributed by atoms with Crippen molar-refractivity contribution in [1.29, 1.82) is 0 Å². The van der Waals surface area contributed by atoms with Crippen LogP contribution in [0.5, 0.6) is 11.5 Å². The van der Waals surface area contributed by atoms with Crippen LogP contribution in [0, 0.1) is 0 Å². The maximum atomic E-state index is 14.2. The van der Waals surface area contributed by atoms with E-state index in [0.717, 1.165) is 37.0 Å². The molecule has 5 amide bonds. The number of nitrogens with two attached hydrogens (primary N) is 1. The number of carboxylic acids is 1. The molecule has 53 heavy (non-hydrogen) atoms. The Kier molecular flexibility index (Phi) is 16.5. The standard InChI is InChI=1S/C38H54N6O9/c1-4-5-6-7-8-12-32(47)40-19-17-33(48)42-28(11-9-10-18-39)37(51)44(3)34-25-14-16-31(46)27(22-25)26-20-24(13-15-30(26)45)21-29(38(52)53)43-35(49)23(2)41-36(34)50/h13-16,20,22-23,28-29,34,45-46H,4-12,17-19,21,39H2,1-3H3,(H,40,47)(H,41,50)(H,42,48)(H,43,49)(H,52,53)/t23?,28-,29-,34-/m0/s1. The number of aromatic hydroxyl groups is 2. The molecule has 0 radical (unpaired) electrons. The lowest BCUT2D eigenvalue weighted by atomic mass is 9.93. The van der Waals surface area contributed by atoms with E-state index in [2.05, 4.69) is 28.2 Å². The van der Waals surface area contributed by atoms with Crippen molar-refractivity contribution in [2.45, 2.75) is 109 Å². The monoisotopic (exact) mass is 738 g/mol. The van der Waals surface area contributed by atoms with Crippen molar-refractivity contribution in [2.75, 3.05) is 20.1 Å². The topological polar surface area (TPSA) is 240 Å². The summed E-state index contributed by atoms with van der Waals surface area (Å²) in [4.78, 5) is 79.8. The summed E-state index contributed by atoms with van der Waals surface area (Å²) in [7, 11) is 1.37. The van der Waals surface area contributed by atoms with Crippen LogP contribution in [-0.4, -0.2) is 94.0 Å².